The van der Waals surface area contributed by atoms with Gasteiger partial charge in [-0.25, -0.2) is 0 Å². The SMILES string of the molecule is COc1ccc(CCN2CCCC(NC(C)C)C2)cc1. The van der Waals surface area contributed by atoms with Gasteiger partial charge in [-0.2, -0.15) is 0 Å². The molecule has 1 atom stereocenters. The number of benzene rings is 1. The Labute approximate surface area is 123 Å². The Morgan fingerprint density at radius 1 is 1.30 bits per heavy atom. The highest BCUT2D eigenvalue weighted by molar-refractivity contribution is 5.27. The van der Waals surface area contributed by atoms with Crippen LogP contribution in [0.2, 0.25) is 0 Å². The molecule has 1 aromatic rings. The van der Waals surface area contributed by atoms with Crippen LogP contribution in [0.4, 0.5) is 0 Å². The van der Waals surface area contributed by atoms with Crippen molar-refractivity contribution in [1.82, 2.24) is 10.2 Å². The highest BCUT2D eigenvalue weighted by Gasteiger charge is 2.19. The van der Waals surface area contributed by atoms with Gasteiger partial charge in [-0.1, -0.05) is 26.0 Å². The van der Waals surface area contributed by atoms with E-state index in [0.717, 1.165) is 18.7 Å². The van der Waals surface area contributed by atoms with E-state index in [1.54, 1.807) is 7.11 Å². The summed E-state index contributed by atoms with van der Waals surface area (Å²) < 4.78 is 5.20. The Morgan fingerprint density at radius 3 is 2.70 bits per heavy atom. The van der Waals surface area contributed by atoms with Gasteiger partial charge in [0.2, 0.25) is 0 Å². The molecule has 0 aliphatic carbocycles. The topological polar surface area (TPSA) is 24.5 Å². The molecule has 1 saturated heterocycles. The molecule has 0 radical (unpaired) electrons. The zero-order chi connectivity index (χ0) is 14.4. The van der Waals surface area contributed by atoms with E-state index in [-0.39, 0.29) is 0 Å². The van der Waals surface area contributed by atoms with E-state index < -0.39 is 0 Å². The van der Waals surface area contributed by atoms with Crippen molar-refractivity contribution in [2.45, 2.75) is 45.2 Å². The van der Waals surface area contributed by atoms with Crippen molar-refractivity contribution in [3.05, 3.63) is 29.8 Å². The number of nitrogens with one attached hydrogen (secondary N) is 1. The van der Waals surface area contributed by atoms with Gasteiger partial charge in [0.15, 0.2) is 0 Å². The number of piperidine rings is 1. The van der Waals surface area contributed by atoms with Gasteiger partial charge in [0.25, 0.3) is 0 Å². The third-order valence-electron chi connectivity index (χ3n) is 3.95. The Morgan fingerprint density at radius 2 is 2.05 bits per heavy atom. The first-order valence-electron chi connectivity index (χ1n) is 7.78. The van der Waals surface area contributed by atoms with E-state index in [1.165, 1.54) is 31.5 Å². The Balaban J connectivity index is 1.77. The predicted octanol–water partition coefficient (Wildman–Crippen LogP) is 2.70. The standard InChI is InChI=1S/C17H28N2O/c1-14(2)18-16-5-4-11-19(13-16)12-10-15-6-8-17(20-3)9-7-15/h6-9,14,16,18H,4-5,10-13H2,1-3H3. The fourth-order valence-corrected chi connectivity index (χ4v) is 2.95. The molecule has 0 bridgehead atoms. The van der Waals surface area contributed by atoms with Gasteiger partial charge < -0.3 is 15.0 Å². The van der Waals surface area contributed by atoms with Crippen LogP contribution in [0.25, 0.3) is 0 Å². The van der Waals surface area contributed by atoms with E-state index in [0.29, 0.717) is 12.1 Å². The summed E-state index contributed by atoms with van der Waals surface area (Å²) in [5.74, 6) is 0.938. The smallest absolute Gasteiger partial charge is 0.118 e. The maximum atomic E-state index is 5.20. The molecule has 1 aliphatic rings. The minimum atomic E-state index is 0.585. The molecular weight excluding hydrogens is 248 g/mol. The third-order valence-corrected chi connectivity index (χ3v) is 3.95. The third kappa shape index (κ3) is 4.80. The second-order valence-electron chi connectivity index (χ2n) is 6.06. The molecule has 1 unspecified atom stereocenters. The first kappa shape index (κ1) is 15.3. The zero-order valence-electron chi connectivity index (χ0n) is 13.1. The number of nitrogens with zero attached hydrogens (tertiary/aromatic N) is 1. The molecule has 1 fully saturated rings. The number of rotatable bonds is 6. The Bertz CT molecular complexity index is 388. The maximum absolute atomic E-state index is 5.20. The van der Waals surface area contributed by atoms with Crippen molar-refractivity contribution in [2.24, 2.45) is 0 Å². The number of methoxy groups -OCH3 is 1. The first-order chi connectivity index (χ1) is 9.67. The summed E-state index contributed by atoms with van der Waals surface area (Å²) in [6, 6.07) is 9.70. The van der Waals surface area contributed by atoms with Crippen LogP contribution in [0.3, 0.4) is 0 Å². The largest absolute Gasteiger partial charge is 0.497 e. The zero-order valence-corrected chi connectivity index (χ0v) is 13.1. The van der Waals surface area contributed by atoms with Gasteiger partial charge in [0.1, 0.15) is 5.75 Å². The van der Waals surface area contributed by atoms with Crippen LogP contribution in [-0.4, -0.2) is 43.7 Å². The molecule has 3 nitrogen and oxygen atoms in total. The molecule has 2 rings (SSSR count). The Kier molecular flexibility index (Phi) is 5.86. The van der Waals surface area contributed by atoms with Crippen LogP contribution in [0.1, 0.15) is 32.3 Å². The molecule has 0 spiro atoms. The van der Waals surface area contributed by atoms with Gasteiger partial charge in [0, 0.05) is 25.2 Å². The molecule has 1 heterocycles. The minimum Gasteiger partial charge on any atom is -0.497 e. The van der Waals surface area contributed by atoms with E-state index in [9.17, 15) is 0 Å². The highest BCUT2D eigenvalue weighted by Crippen LogP contribution is 2.14. The average Bonchev–Trinajstić information content (AvgIpc) is 2.45. The predicted molar refractivity (Wildman–Crippen MR) is 84.4 cm³/mol. The molecule has 1 aliphatic heterocycles. The molecule has 3 heteroatoms. The number of hydrogen-bond donors (Lipinski definition) is 1. The van der Waals surface area contributed by atoms with E-state index in [4.69, 9.17) is 4.74 Å². The lowest BCUT2D eigenvalue weighted by atomic mass is 10.0. The van der Waals surface area contributed by atoms with Gasteiger partial charge >= 0.3 is 0 Å². The van der Waals surface area contributed by atoms with Crippen molar-refractivity contribution >= 4 is 0 Å². The monoisotopic (exact) mass is 276 g/mol. The van der Waals surface area contributed by atoms with Crippen molar-refractivity contribution in [3.8, 4) is 5.75 Å². The second kappa shape index (κ2) is 7.65. The normalized spacial score (nSPS) is 20.3. The lowest BCUT2D eigenvalue weighted by Gasteiger charge is -2.34. The van der Waals surface area contributed by atoms with Crippen LogP contribution < -0.4 is 10.1 Å². The van der Waals surface area contributed by atoms with Crippen LogP contribution >= 0.6 is 0 Å². The van der Waals surface area contributed by atoms with Crippen LogP contribution in [0.5, 0.6) is 5.75 Å². The van der Waals surface area contributed by atoms with Gasteiger partial charge in [-0.05, 0) is 43.5 Å². The lowest BCUT2D eigenvalue weighted by molar-refractivity contribution is 0.187. The maximum Gasteiger partial charge on any atom is 0.118 e. The van der Waals surface area contributed by atoms with Crippen LogP contribution in [0, 0.1) is 0 Å². The van der Waals surface area contributed by atoms with Crippen molar-refractivity contribution in [2.75, 3.05) is 26.7 Å². The fraction of sp³-hybridized carbons (Fsp3) is 0.647. The average molecular weight is 276 g/mol. The molecule has 0 amide bonds. The molecule has 20 heavy (non-hydrogen) atoms. The van der Waals surface area contributed by atoms with Crippen LogP contribution in [-0.2, 0) is 6.42 Å². The molecular formula is C17H28N2O. The summed E-state index contributed by atoms with van der Waals surface area (Å²) in [5.41, 5.74) is 1.39. The minimum absolute atomic E-state index is 0.585. The van der Waals surface area contributed by atoms with Crippen molar-refractivity contribution in [1.29, 1.82) is 0 Å². The fourth-order valence-electron chi connectivity index (χ4n) is 2.95. The summed E-state index contributed by atoms with van der Waals surface area (Å²) in [6.07, 6.45) is 3.75. The summed E-state index contributed by atoms with van der Waals surface area (Å²) >= 11 is 0. The summed E-state index contributed by atoms with van der Waals surface area (Å²) in [6.45, 7) is 8.05. The molecule has 0 saturated carbocycles. The van der Waals surface area contributed by atoms with E-state index in [1.807, 2.05) is 0 Å². The van der Waals surface area contributed by atoms with Crippen molar-refractivity contribution in [3.63, 3.8) is 0 Å². The molecule has 0 aromatic heterocycles. The molecule has 112 valence electrons. The summed E-state index contributed by atoms with van der Waals surface area (Å²) in [4.78, 5) is 2.59. The first-order valence-corrected chi connectivity index (χ1v) is 7.78. The number of likely N-dealkylation sites (tertiary alicyclic amines) is 1. The molecule has 1 N–H and O–H groups in total. The van der Waals surface area contributed by atoms with Gasteiger partial charge in [-0.15, -0.1) is 0 Å². The van der Waals surface area contributed by atoms with Crippen LogP contribution in [0.15, 0.2) is 24.3 Å². The second-order valence-corrected chi connectivity index (χ2v) is 6.06. The van der Waals surface area contributed by atoms with Gasteiger partial charge in [0.05, 0.1) is 7.11 Å². The highest BCUT2D eigenvalue weighted by atomic mass is 16.5. The number of hydrogen-bond acceptors (Lipinski definition) is 3. The van der Waals surface area contributed by atoms with E-state index in [2.05, 4.69) is 48.3 Å². The summed E-state index contributed by atoms with van der Waals surface area (Å²) in [7, 11) is 1.71. The van der Waals surface area contributed by atoms with Crippen molar-refractivity contribution < 1.29 is 4.74 Å². The number of ether oxygens (including phenoxy) is 1. The Hall–Kier alpha value is -1.06. The lowest BCUT2D eigenvalue weighted by Crippen LogP contribution is -2.48. The van der Waals surface area contributed by atoms with Gasteiger partial charge in [-0.3, -0.25) is 0 Å². The quantitative estimate of drug-likeness (QED) is 0.864. The summed E-state index contributed by atoms with van der Waals surface area (Å²) in [5, 5.41) is 3.67. The van der Waals surface area contributed by atoms with E-state index >= 15 is 0 Å². The molecule has 1 aromatic carbocycles.